The standard InChI is InChI=1S/C19H17N3O2/c23-19(14-24-17-9-5-2-6-10-17)22-16-11-12-18(20-13-16)21-15-7-3-1-4-8-15/h1-13H,14H2,(H,20,21)(H,22,23). The van der Waals surface area contributed by atoms with Crippen LogP contribution in [-0.4, -0.2) is 17.5 Å². The summed E-state index contributed by atoms with van der Waals surface area (Å²) >= 11 is 0. The first-order chi connectivity index (χ1) is 11.8. The molecule has 0 aliphatic carbocycles. The second-order valence-electron chi connectivity index (χ2n) is 5.07. The molecular formula is C19H17N3O2. The fourth-order valence-electron chi connectivity index (χ4n) is 2.07. The number of ether oxygens (including phenoxy) is 1. The number of amides is 1. The van der Waals surface area contributed by atoms with Crippen molar-refractivity contribution in [3.63, 3.8) is 0 Å². The first kappa shape index (κ1) is 15.6. The highest BCUT2D eigenvalue weighted by molar-refractivity contribution is 5.91. The molecule has 0 fully saturated rings. The van der Waals surface area contributed by atoms with Gasteiger partial charge in [-0.3, -0.25) is 4.79 Å². The zero-order valence-electron chi connectivity index (χ0n) is 13.0. The van der Waals surface area contributed by atoms with Crippen molar-refractivity contribution in [2.45, 2.75) is 0 Å². The summed E-state index contributed by atoms with van der Waals surface area (Å²) in [5.74, 6) is 1.14. The normalized spacial score (nSPS) is 10.0. The van der Waals surface area contributed by atoms with Gasteiger partial charge < -0.3 is 15.4 Å². The van der Waals surface area contributed by atoms with E-state index in [1.54, 1.807) is 30.5 Å². The molecule has 0 atom stereocenters. The van der Waals surface area contributed by atoms with Gasteiger partial charge in [0.05, 0.1) is 11.9 Å². The number of pyridine rings is 1. The number of para-hydroxylation sites is 2. The lowest BCUT2D eigenvalue weighted by molar-refractivity contribution is -0.118. The molecule has 5 nitrogen and oxygen atoms in total. The van der Waals surface area contributed by atoms with Gasteiger partial charge in [-0.1, -0.05) is 36.4 Å². The fourth-order valence-corrected chi connectivity index (χ4v) is 2.07. The van der Waals surface area contributed by atoms with Crippen LogP contribution in [0.5, 0.6) is 5.75 Å². The Morgan fingerprint density at radius 2 is 1.58 bits per heavy atom. The quantitative estimate of drug-likeness (QED) is 0.724. The van der Waals surface area contributed by atoms with Crippen molar-refractivity contribution < 1.29 is 9.53 Å². The van der Waals surface area contributed by atoms with Crippen LogP contribution < -0.4 is 15.4 Å². The molecule has 2 N–H and O–H groups in total. The van der Waals surface area contributed by atoms with Gasteiger partial charge in [-0.2, -0.15) is 0 Å². The molecule has 0 unspecified atom stereocenters. The number of carbonyl (C=O) groups is 1. The molecule has 0 aliphatic rings. The van der Waals surface area contributed by atoms with Gasteiger partial charge in [-0.05, 0) is 36.4 Å². The van der Waals surface area contributed by atoms with Crippen molar-refractivity contribution in [3.8, 4) is 5.75 Å². The smallest absolute Gasteiger partial charge is 0.262 e. The van der Waals surface area contributed by atoms with Crippen LogP contribution in [-0.2, 0) is 4.79 Å². The van der Waals surface area contributed by atoms with Crippen molar-refractivity contribution in [3.05, 3.63) is 79.0 Å². The van der Waals surface area contributed by atoms with Crippen LogP contribution in [0.25, 0.3) is 0 Å². The van der Waals surface area contributed by atoms with Crippen LogP contribution in [0.3, 0.4) is 0 Å². The molecule has 120 valence electrons. The number of benzene rings is 2. The van der Waals surface area contributed by atoms with Gasteiger partial charge in [-0.25, -0.2) is 4.98 Å². The van der Waals surface area contributed by atoms with Gasteiger partial charge in [0.25, 0.3) is 5.91 Å². The molecule has 1 aromatic heterocycles. The summed E-state index contributed by atoms with van der Waals surface area (Å²) in [5, 5.41) is 5.93. The van der Waals surface area contributed by atoms with Gasteiger partial charge in [0.1, 0.15) is 11.6 Å². The number of hydrogen-bond acceptors (Lipinski definition) is 4. The lowest BCUT2D eigenvalue weighted by Crippen LogP contribution is -2.20. The molecule has 5 heteroatoms. The molecule has 1 amide bonds. The molecular weight excluding hydrogens is 302 g/mol. The Kier molecular flexibility index (Phi) is 5.04. The van der Waals surface area contributed by atoms with Gasteiger partial charge in [0, 0.05) is 5.69 Å². The molecule has 0 bridgehead atoms. The van der Waals surface area contributed by atoms with Crippen molar-refractivity contribution in [1.82, 2.24) is 4.98 Å². The fraction of sp³-hybridized carbons (Fsp3) is 0.0526. The Hall–Kier alpha value is -3.34. The average molecular weight is 319 g/mol. The van der Waals surface area contributed by atoms with Gasteiger partial charge in [-0.15, -0.1) is 0 Å². The second kappa shape index (κ2) is 7.78. The molecule has 0 saturated heterocycles. The molecule has 0 spiro atoms. The largest absolute Gasteiger partial charge is 0.484 e. The maximum Gasteiger partial charge on any atom is 0.262 e. The summed E-state index contributed by atoms with van der Waals surface area (Å²) in [5.41, 5.74) is 1.58. The van der Waals surface area contributed by atoms with E-state index in [-0.39, 0.29) is 12.5 Å². The minimum absolute atomic E-state index is 0.0476. The summed E-state index contributed by atoms with van der Waals surface area (Å²) in [6, 6.07) is 22.6. The first-order valence-corrected chi connectivity index (χ1v) is 7.55. The molecule has 0 aliphatic heterocycles. The number of nitrogens with one attached hydrogen (secondary N) is 2. The number of rotatable bonds is 6. The van der Waals surface area contributed by atoms with Crippen LogP contribution in [0.1, 0.15) is 0 Å². The Morgan fingerprint density at radius 1 is 0.875 bits per heavy atom. The minimum atomic E-state index is -0.232. The van der Waals surface area contributed by atoms with Crippen LogP contribution >= 0.6 is 0 Å². The predicted molar refractivity (Wildman–Crippen MR) is 94.5 cm³/mol. The molecule has 3 rings (SSSR count). The van der Waals surface area contributed by atoms with E-state index in [1.807, 2.05) is 48.5 Å². The Balaban J connectivity index is 1.51. The summed E-state index contributed by atoms with van der Waals surface area (Å²) in [7, 11) is 0. The van der Waals surface area contributed by atoms with E-state index >= 15 is 0 Å². The van der Waals surface area contributed by atoms with Gasteiger partial charge in [0.2, 0.25) is 0 Å². The van der Waals surface area contributed by atoms with Crippen molar-refractivity contribution in [2.24, 2.45) is 0 Å². The summed E-state index contributed by atoms with van der Waals surface area (Å²) in [6.45, 7) is -0.0476. The SMILES string of the molecule is O=C(COc1ccccc1)Nc1ccc(Nc2ccccc2)nc1. The molecule has 2 aromatic carbocycles. The maximum absolute atomic E-state index is 11.9. The lowest BCUT2D eigenvalue weighted by atomic mass is 10.3. The predicted octanol–water partition coefficient (Wildman–Crippen LogP) is 3.84. The van der Waals surface area contributed by atoms with Crippen molar-refractivity contribution in [1.29, 1.82) is 0 Å². The highest BCUT2D eigenvalue weighted by Gasteiger charge is 2.04. The van der Waals surface area contributed by atoms with Crippen LogP contribution in [0.2, 0.25) is 0 Å². The number of hydrogen-bond donors (Lipinski definition) is 2. The summed E-state index contributed by atoms with van der Waals surface area (Å²) < 4.78 is 5.40. The average Bonchev–Trinajstić information content (AvgIpc) is 2.63. The maximum atomic E-state index is 11.9. The van der Waals surface area contributed by atoms with Crippen LogP contribution in [0.4, 0.5) is 17.2 Å². The van der Waals surface area contributed by atoms with Gasteiger partial charge in [0.15, 0.2) is 6.61 Å². The Labute approximate surface area is 140 Å². The number of aromatic nitrogens is 1. The minimum Gasteiger partial charge on any atom is -0.484 e. The van der Waals surface area contributed by atoms with E-state index in [4.69, 9.17) is 4.74 Å². The van der Waals surface area contributed by atoms with E-state index < -0.39 is 0 Å². The topological polar surface area (TPSA) is 63.2 Å². The summed E-state index contributed by atoms with van der Waals surface area (Å²) in [6.07, 6.45) is 1.60. The summed E-state index contributed by atoms with van der Waals surface area (Å²) in [4.78, 5) is 16.2. The van der Waals surface area contributed by atoms with Gasteiger partial charge >= 0.3 is 0 Å². The van der Waals surface area contributed by atoms with Crippen LogP contribution in [0, 0.1) is 0 Å². The zero-order valence-corrected chi connectivity index (χ0v) is 13.0. The first-order valence-electron chi connectivity index (χ1n) is 7.55. The van der Waals surface area contributed by atoms with E-state index in [9.17, 15) is 4.79 Å². The van der Waals surface area contributed by atoms with E-state index in [2.05, 4.69) is 15.6 Å². The zero-order chi connectivity index (χ0) is 16.6. The monoisotopic (exact) mass is 319 g/mol. The lowest BCUT2D eigenvalue weighted by Gasteiger charge is -2.09. The molecule has 1 heterocycles. The van der Waals surface area contributed by atoms with E-state index in [0.717, 1.165) is 5.69 Å². The molecule has 0 radical (unpaired) electrons. The number of nitrogens with zero attached hydrogens (tertiary/aromatic N) is 1. The molecule has 0 saturated carbocycles. The molecule has 24 heavy (non-hydrogen) atoms. The number of carbonyl (C=O) groups excluding carboxylic acids is 1. The van der Waals surface area contributed by atoms with Crippen LogP contribution in [0.15, 0.2) is 79.0 Å². The Bertz CT molecular complexity index is 775. The highest BCUT2D eigenvalue weighted by atomic mass is 16.5. The third-order valence-corrected chi connectivity index (χ3v) is 3.21. The highest BCUT2D eigenvalue weighted by Crippen LogP contribution is 2.15. The second-order valence-corrected chi connectivity index (χ2v) is 5.07. The van der Waals surface area contributed by atoms with Crippen molar-refractivity contribution in [2.75, 3.05) is 17.2 Å². The third-order valence-electron chi connectivity index (χ3n) is 3.21. The van der Waals surface area contributed by atoms with Crippen molar-refractivity contribution >= 4 is 23.1 Å². The molecule has 3 aromatic rings. The third kappa shape index (κ3) is 4.58. The van der Waals surface area contributed by atoms with E-state index in [0.29, 0.717) is 17.3 Å². The number of anilines is 3. The van der Waals surface area contributed by atoms with E-state index in [1.165, 1.54) is 0 Å². The Morgan fingerprint density at radius 3 is 2.25 bits per heavy atom.